The molecule has 25 heavy (non-hydrogen) atoms. The third kappa shape index (κ3) is 3.15. The van der Waals surface area contributed by atoms with E-state index >= 15 is 0 Å². The Morgan fingerprint density at radius 2 is 1.80 bits per heavy atom. The summed E-state index contributed by atoms with van der Waals surface area (Å²) in [7, 11) is 0. The van der Waals surface area contributed by atoms with E-state index in [1.54, 1.807) is 0 Å². The lowest BCUT2D eigenvalue weighted by molar-refractivity contribution is -0.113. The summed E-state index contributed by atoms with van der Waals surface area (Å²) in [5.41, 5.74) is 2.86. The van der Waals surface area contributed by atoms with Crippen molar-refractivity contribution in [1.82, 2.24) is 9.78 Å². The topological polar surface area (TPSA) is 66.9 Å². The number of thioether (sulfide) groups is 1. The molecule has 2 aromatic rings. The van der Waals surface area contributed by atoms with E-state index in [0.29, 0.717) is 17.1 Å². The average molecular weight is 357 g/mol. The minimum atomic E-state index is -0.122. The zero-order chi connectivity index (χ0) is 17.4. The van der Waals surface area contributed by atoms with Gasteiger partial charge in [-0.1, -0.05) is 49.1 Å². The summed E-state index contributed by atoms with van der Waals surface area (Å²) in [5.74, 6) is 0.999. The van der Waals surface area contributed by atoms with Crippen molar-refractivity contribution in [3.63, 3.8) is 0 Å². The Hall–Kier alpha value is -1.95. The SMILES string of the molecule is Cc1ccc([C@H]2SCC(=O)Nc3c2c(=O)[nH]n3C2CCCCC2)cc1. The standard InChI is InChI=1S/C19H23N3O2S/c1-12-7-9-13(10-8-12)17-16-18(20-15(23)11-25-17)22(21-19(16)24)14-5-3-2-4-6-14/h7-10,14,17H,2-6,11H2,1H3,(H,20,23)(H,21,24)/t17-/m1/s1. The number of nitrogens with one attached hydrogen (secondary N) is 2. The third-order valence-electron chi connectivity index (χ3n) is 5.18. The minimum Gasteiger partial charge on any atom is -0.310 e. The van der Waals surface area contributed by atoms with E-state index < -0.39 is 0 Å². The Kier molecular flexibility index (Phi) is 4.46. The maximum Gasteiger partial charge on any atom is 0.270 e. The van der Waals surface area contributed by atoms with Crippen LogP contribution in [0.3, 0.4) is 0 Å². The van der Waals surface area contributed by atoms with Crippen molar-refractivity contribution in [2.75, 3.05) is 11.1 Å². The van der Waals surface area contributed by atoms with Crippen LogP contribution in [-0.4, -0.2) is 21.4 Å². The number of aryl methyl sites for hydroxylation is 1. The molecule has 2 N–H and O–H groups in total. The molecule has 1 aliphatic carbocycles. The molecule has 6 heteroatoms. The Balaban J connectivity index is 1.81. The lowest BCUT2D eigenvalue weighted by atomic mass is 9.95. The fourth-order valence-corrected chi connectivity index (χ4v) is 4.99. The minimum absolute atomic E-state index is 0.0376. The zero-order valence-corrected chi connectivity index (χ0v) is 15.2. The van der Waals surface area contributed by atoms with E-state index in [0.717, 1.165) is 18.4 Å². The number of aromatic amines is 1. The van der Waals surface area contributed by atoms with Gasteiger partial charge in [-0.05, 0) is 25.3 Å². The Bertz CT molecular complexity index is 831. The van der Waals surface area contributed by atoms with Crippen molar-refractivity contribution in [1.29, 1.82) is 0 Å². The van der Waals surface area contributed by atoms with Crippen LogP contribution < -0.4 is 10.9 Å². The third-order valence-corrected chi connectivity index (χ3v) is 6.45. The lowest BCUT2D eigenvalue weighted by Gasteiger charge is -2.24. The number of fused-ring (bicyclic) bond motifs is 1. The summed E-state index contributed by atoms with van der Waals surface area (Å²) in [4.78, 5) is 25.1. The molecule has 0 bridgehead atoms. The van der Waals surface area contributed by atoms with Gasteiger partial charge in [-0.25, -0.2) is 0 Å². The number of amides is 1. The van der Waals surface area contributed by atoms with Gasteiger partial charge in [0, 0.05) is 0 Å². The molecule has 1 aromatic heterocycles. The quantitative estimate of drug-likeness (QED) is 0.860. The van der Waals surface area contributed by atoms with E-state index in [1.807, 2.05) is 11.6 Å². The number of rotatable bonds is 2. The largest absolute Gasteiger partial charge is 0.310 e. The van der Waals surface area contributed by atoms with Gasteiger partial charge in [0.2, 0.25) is 5.91 Å². The molecular formula is C19H23N3O2S. The fraction of sp³-hybridized carbons (Fsp3) is 0.474. The molecule has 1 amide bonds. The molecule has 2 heterocycles. The summed E-state index contributed by atoms with van der Waals surface area (Å²) < 4.78 is 1.93. The summed E-state index contributed by atoms with van der Waals surface area (Å²) in [6, 6.07) is 8.50. The van der Waals surface area contributed by atoms with Crippen molar-refractivity contribution >= 4 is 23.5 Å². The molecule has 1 atom stereocenters. The summed E-state index contributed by atoms with van der Waals surface area (Å²) in [5, 5.41) is 5.89. The summed E-state index contributed by atoms with van der Waals surface area (Å²) in [6.45, 7) is 2.05. The van der Waals surface area contributed by atoms with Crippen molar-refractivity contribution < 1.29 is 4.79 Å². The first kappa shape index (κ1) is 16.5. The second-order valence-electron chi connectivity index (χ2n) is 7.01. The van der Waals surface area contributed by atoms with Crippen LogP contribution in [0, 0.1) is 6.92 Å². The fourth-order valence-electron chi connectivity index (χ4n) is 3.86. The van der Waals surface area contributed by atoms with Gasteiger partial charge in [0.05, 0.1) is 22.6 Å². The molecule has 0 radical (unpaired) electrons. The average Bonchev–Trinajstić information content (AvgIpc) is 2.83. The normalized spacial score (nSPS) is 21.5. The van der Waals surface area contributed by atoms with Crippen LogP contribution in [0.2, 0.25) is 0 Å². The van der Waals surface area contributed by atoms with Crippen LogP contribution in [0.4, 0.5) is 5.82 Å². The molecule has 132 valence electrons. The van der Waals surface area contributed by atoms with E-state index in [2.05, 4.69) is 34.7 Å². The first-order valence-corrected chi connectivity index (χ1v) is 10.0. The maximum atomic E-state index is 12.8. The molecule has 0 spiro atoms. The number of H-pyrrole nitrogens is 1. The highest BCUT2D eigenvalue weighted by Gasteiger charge is 2.32. The maximum absolute atomic E-state index is 12.8. The van der Waals surface area contributed by atoms with Crippen LogP contribution >= 0.6 is 11.8 Å². The second-order valence-corrected chi connectivity index (χ2v) is 8.11. The number of nitrogens with zero attached hydrogens (tertiary/aromatic N) is 1. The van der Waals surface area contributed by atoms with Gasteiger partial charge in [-0.3, -0.25) is 19.4 Å². The number of carbonyl (C=O) groups excluding carboxylic acids is 1. The number of benzene rings is 1. The van der Waals surface area contributed by atoms with Gasteiger partial charge < -0.3 is 5.32 Å². The van der Waals surface area contributed by atoms with E-state index in [1.165, 1.54) is 36.6 Å². The first-order chi connectivity index (χ1) is 12.1. The van der Waals surface area contributed by atoms with Gasteiger partial charge in [-0.15, -0.1) is 11.8 Å². The molecule has 1 fully saturated rings. The summed E-state index contributed by atoms with van der Waals surface area (Å²) in [6.07, 6.45) is 5.69. The highest BCUT2D eigenvalue weighted by Crippen LogP contribution is 2.41. The predicted octanol–water partition coefficient (Wildman–Crippen LogP) is 3.76. The van der Waals surface area contributed by atoms with E-state index in [9.17, 15) is 9.59 Å². The number of carbonyl (C=O) groups is 1. The van der Waals surface area contributed by atoms with Gasteiger partial charge >= 0.3 is 0 Å². The number of hydrogen-bond donors (Lipinski definition) is 2. The lowest BCUT2D eigenvalue weighted by Crippen LogP contribution is -2.21. The Morgan fingerprint density at radius 1 is 1.08 bits per heavy atom. The van der Waals surface area contributed by atoms with Crippen molar-refractivity contribution in [3.05, 3.63) is 51.3 Å². The number of aromatic nitrogens is 2. The molecule has 1 saturated carbocycles. The smallest absolute Gasteiger partial charge is 0.270 e. The molecule has 0 unspecified atom stereocenters. The Labute approximate surface area is 151 Å². The van der Waals surface area contributed by atoms with Gasteiger partial charge in [0.25, 0.3) is 5.56 Å². The molecule has 0 saturated heterocycles. The molecular weight excluding hydrogens is 334 g/mol. The van der Waals surface area contributed by atoms with Crippen molar-refractivity contribution in [2.45, 2.75) is 50.3 Å². The van der Waals surface area contributed by atoms with Crippen LogP contribution in [0.15, 0.2) is 29.1 Å². The zero-order valence-electron chi connectivity index (χ0n) is 14.4. The van der Waals surface area contributed by atoms with Gasteiger partial charge in [0.1, 0.15) is 5.82 Å². The number of hydrogen-bond acceptors (Lipinski definition) is 3. The van der Waals surface area contributed by atoms with Gasteiger partial charge in [0.15, 0.2) is 0 Å². The van der Waals surface area contributed by atoms with Crippen LogP contribution in [0.25, 0.3) is 0 Å². The Morgan fingerprint density at radius 3 is 2.52 bits per heavy atom. The van der Waals surface area contributed by atoms with E-state index in [-0.39, 0.29) is 22.8 Å². The van der Waals surface area contributed by atoms with Crippen LogP contribution in [-0.2, 0) is 4.79 Å². The summed E-state index contributed by atoms with van der Waals surface area (Å²) >= 11 is 1.52. The molecule has 5 nitrogen and oxygen atoms in total. The van der Waals surface area contributed by atoms with Crippen molar-refractivity contribution in [3.8, 4) is 0 Å². The van der Waals surface area contributed by atoms with E-state index in [4.69, 9.17) is 0 Å². The molecule has 1 aliphatic heterocycles. The highest BCUT2D eigenvalue weighted by molar-refractivity contribution is 8.00. The van der Waals surface area contributed by atoms with Crippen LogP contribution in [0.1, 0.15) is 60.1 Å². The van der Waals surface area contributed by atoms with Crippen LogP contribution in [0.5, 0.6) is 0 Å². The monoisotopic (exact) mass is 357 g/mol. The molecule has 1 aromatic carbocycles. The second kappa shape index (κ2) is 6.75. The molecule has 4 rings (SSSR count). The number of anilines is 1. The molecule has 2 aliphatic rings. The van der Waals surface area contributed by atoms with Crippen molar-refractivity contribution in [2.24, 2.45) is 0 Å². The predicted molar refractivity (Wildman–Crippen MR) is 101 cm³/mol. The van der Waals surface area contributed by atoms with Gasteiger partial charge in [-0.2, -0.15) is 0 Å². The first-order valence-electron chi connectivity index (χ1n) is 8.96. The highest BCUT2D eigenvalue weighted by atomic mass is 32.2.